The molecule has 1 aromatic carbocycles. The molecular weight excluding hydrogens is 218 g/mol. The number of phenolic OH excluding ortho intramolecular Hbond substituents is 2. The SMILES string of the molecule is C=CCN(CCC)C(=O)c1ccc(O)cc1O. The molecule has 0 unspecified atom stereocenters. The number of rotatable bonds is 5. The van der Waals surface area contributed by atoms with Gasteiger partial charge in [0.25, 0.3) is 5.91 Å². The van der Waals surface area contributed by atoms with Crippen LogP contribution in [-0.2, 0) is 0 Å². The summed E-state index contributed by atoms with van der Waals surface area (Å²) in [6.45, 7) is 6.61. The van der Waals surface area contributed by atoms with E-state index in [0.29, 0.717) is 13.1 Å². The van der Waals surface area contributed by atoms with Crippen molar-refractivity contribution in [2.45, 2.75) is 13.3 Å². The highest BCUT2D eigenvalue weighted by Crippen LogP contribution is 2.23. The molecule has 0 heterocycles. The van der Waals surface area contributed by atoms with E-state index in [0.717, 1.165) is 12.5 Å². The third-order valence-electron chi connectivity index (χ3n) is 2.34. The molecule has 0 saturated heterocycles. The minimum atomic E-state index is -0.260. The molecule has 0 aliphatic carbocycles. The molecule has 0 bridgehead atoms. The number of amides is 1. The molecule has 4 nitrogen and oxygen atoms in total. The molecule has 4 heteroatoms. The summed E-state index contributed by atoms with van der Waals surface area (Å²) in [7, 11) is 0. The molecule has 92 valence electrons. The molecule has 0 aliphatic heterocycles. The number of benzene rings is 1. The predicted octanol–water partition coefficient (Wildman–Crippen LogP) is 2.14. The van der Waals surface area contributed by atoms with Gasteiger partial charge in [0, 0.05) is 19.2 Å². The van der Waals surface area contributed by atoms with E-state index in [4.69, 9.17) is 5.11 Å². The number of hydrogen-bond acceptors (Lipinski definition) is 3. The number of carbonyl (C=O) groups excluding carboxylic acids is 1. The van der Waals surface area contributed by atoms with E-state index >= 15 is 0 Å². The van der Waals surface area contributed by atoms with Crippen molar-refractivity contribution in [3.8, 4) is 11.5 Å². The van der Waals surface area contributed by atoms with Crippen molar-refractivity contribution < 1.29 is 15.0 Å². The summed E-state index contributed by atoms with van der Waals surface area (Å²) in [6, 6.07) is 3.95. The van der Waals surface area contributed by atoms with Crippen molar-refractivity contribution in [1.82, 2.24) is 4.90 Å². The summed E-state index contributed by atoms with van der Waals surface area (Å²) < 4.78 is 0. The second kappa shape index (κ2) is 5.94. The van der Waals surface area contributed by atoms with E-state index in [1.54, 1.807) is 11.0 Å². The van der Waals surface area contributed by atoms with E-state index in [1.165, 1.54) is 12.1 Å². The lowest BCUT2D eigenvalue weighted by Crippen LogP contribution is -2.31. The van der Waals surface area contributed by atoms with Crippen molar-refractivity contribution in [3.05, 3.63) is 36.4 Å². The lowest BCUT2D eigenvalue weighted by Gasteiger charge is -2.20. The lowest BCUT2D eigenvalue weighted by molar-refractivity contribution is 0.0771. The van der Waals surface area contributed by atoms with Gasteiger partial charge in [-0.25, -0.2) is 0 Å². The summed E-state index contributed by atoms with van der Waals surface area (Å²) >= 11 is 0. The number of aromatic hydroxyl groups is 2. The van der Waals surface area contributed by atoms with Crippen LogP contribution in [0.15, 0.2) is 30.9 Å². The van der Waals surface area contributed by atoms with Crippen molar-refractivity contribution in [2.75, 3.05) is 13.1 Å². The molecule has 1 rings (SSSR count). The fraction of sp³-hybridized carbons (Fsp3) is 0.308. The van der Waals surface area contributed by atoms with Crippen LogP contribution in [0.5, 0.6) is 11.5 Å². The fourth-order valence-corrected chi connectivity index (χ4v) is 1.57. The van der Waals surface area contributed by atoms with Gasteiger partial charge >= 0.3 is 0 Å². The van der Waals surface area contributed by atoms with Crippen LogP contribution in [0.4, 0.5) is 0 Å². The summed E-state index contributed by atoms with van der Waals surface area (Å²) in [5.74, 6) is -0.533. The smallest absolute Gasteiger partial charge is 0.257 e. The van der Waals surface area contributed by atoms with Gasteiger partial charge in [0.2, 0.25) is 0 Å². The maximum Gasteiger partial charge on any atom is 0.257 e. The second-order valence-corrected chi connectivity index (χ2v) is 3.74. The Bertz CT molecular complexity index is 415. The van der Waals surface area contributed by atoms with E-state index in [2.05, 4.69) is 6.58 Å². The second-order valence-electron chi connectivity index (χ2n) is 3.74. The summed E-state index contributed by atoms with van der Waals surface area (Å²) in [5.41, 5.74) is 0.193. The zero-order valence-electron chi connectivity index (χ0n) is 9.89. The molecule has 0 saturated carbocycles. The average Bonchev–Trinajstić information content (AvgIpc) is 2.28. The number of hydrogen-bond donors (Lipinski definition) is 2. The van der Waals surface area contributed by atoms with Gasteiger partial charge in [-0.05, 0) is 18.6 Å². The van der Waals surface area contributed by atoms with Crippen LogP contribution in [0.25, 0.3) is 0 Å². The molecule has 2 N–H and O–H groups in total. The third-order valence-corrected chi connectivity index (χ3v) is 2.34. The Balaban J connectivity index is 2.96. The molecule has 0 aromatic heterocycles. The minimum Gasteiger partial charge on any atom is -0.508 e. The number of carbonyl (C=O) groups is 1. The Morgan fingerprint density at radius 1 is 1.47 bits per heavy atom. The maximum atomic E-state index is 12.1. The molecule has 0 radical (unpaired) electrons. The summed E-state index contributed by atoms with van der Waals surface area (Å²) in [6.07, 6.45) is 2.48. The molecule has 17 heavy (non-hydrogen) atoms. The highest BCUT2D eigenvalue weighted by molar-refractivity contribution is 5.97. The van der Waals surface area contributed by atoms with E-state index in [1.807, 2.05) is 6.92 Å². The first-order valence-corrected chi connectivity index (χ1v) is 5.52. The largest absolute Gasteiger partial charge is 0.508 e. The Morgan fingerprint density at radius 3 is 2.71 bits per heavy atom. The van der Waals surface area contributed by atoms with Crippen LogP contribution in [0.3, 0.4) is 0 Å². The van der Waals surface area contributed by atoms with Gasteiger partial charge in [-0.2, -0.15) is 0 Å². The highest BCUT2D eigenvalue weighted by atomic mass is 16.3. The Labute approximate surface area is 101 Å². The van der Waals surface area contributed by atoms with Gasteiger partial charge in [0.15, 0.2) is 0 Å². The quantitative estimate of drug-likeness (QED) is 0.769. The van der Waals surface area contributed by atoms with Gasteiger partial charge in [-0.3, -0.25) is 4.79 Å². The van der Waals surface area contributed by atoms with Gasteiger partial charge in [0.05, 0.1) is 5.56 Å². The summed E-state index contributed by atoms with van der Waals surface area (Å²) in [4.78, 5) is 13.7. The monoisotopic (exact) mass is 235 g/mol. The van der Waals surface area contributed by atoms with E-state index in [9.17, 15) is 9.90 Å². The molecule has 0 atom stereocenters. The number of phenols is 2. The molecule has 0 fully saturated rings. The molecule has 0 spiro atoms. The van der Waals surface area contributed by atoms with Crippen molar-refractivity contribution >= 4 is 5.91 Å². The van der Waals surface area contributed by atoms with Gasteiger partial charge in [0.1, 0.15) is 11.5 Å². The average molecular weight is 235 g/mol. The lowest BCUT2D eigenvalue weighted by atomic mass is 10.1. The van der Waals surface area contributed by atoms with Crippen LogP contribution in [0, 0.1) is 0 Å². The van der Waals surface area contributed by atoms with E-state index < -0.39 is 0 Å². The Kier molecular flexibility index (Phi) is 4.57. The van der Waals surface area contributed by atoms with Crippen LogP contribution < -0.4 is 0 Å². The summed E-state index contributed by atoms with van der Waals surface area (Å²) in [5, 5.41) is 18.8. The van der Waals surface area contributed by atoms with Crippen molar-refractivity contribution in [1.29, 1.82) is 0 Å². The normalized spacial score (nSPS) is 9.94. The van der Waals surface area contributed by atoms with Crippen molar-refractivity contribution in [2.24, 2.45) is 0 Å². The zero-order valence-corrected chi connectivity index (χ0v) is 9.89. The topological polar surface area (TPSA) is 60.8 Å². The standard InChI is InChI=1S/C13H17NO3/c1-3-7-14(8-4-2)13(17)11-6-5-10(15)9-12(11)16/h3,5-6,9,15-16H,1,4,7-8H2,2H3. The van der Waals surface area contributed by atoms with Gasteiger partial charge < -0.3 is 15.1 Å². The van der Waals surface area contributed by atoms with Crippen LogP contribution >= 0.6 is 0 Å². The Morgan fingerprint density at radius 2 is 2.18 bits per heavy atom. The maximum absolute atomic E-state index is 12.1. The van der Waals surface area contributed by atoms with Crippen molar-refractivity contribution in [3.63, 3.8) is 0 Å². The van der Waals surface area contributed by atoms with Gasteiger partial charge in [-0.1, -0.05) is 13.0 Å². The molecular formula is C13H17NO3. The zero-order chi connectivity index (χ0) is 12.8. The molecule has 0 aliphatic rings. The number of nitrogens with zero attached hydrogens (tertiary/aromatic N) is 1. The predicted molar refractivity (Wildman–Crippen MR) is 66.2 cm³/mol. The van der Waals surface area contributed by atoms with Crippen LogP contribution in [0.1, 0.15) is 23.7 Å². The third kappa shape index (κ3) is 3.24. The first kappa shape index (κ1) is 13.1. The molecule has 1 amide bonds. The first-order valence-electron chi connectivity index (χ1n) is 5.52. The minimum absolute atomic E-state index is 0.0650. The first-order chi connectivity index (χ1) is 8.10. The Hall–Kier alpha value is -1.97. The van der Waals surface area contributed by atoms with Crippen LogP contribution in [-0.4, -0.2) is 34.1 Å². The fourth-order valence-electron chi connectivity index (χ4n) is 1.57. The van der Waals surface area contributed by atoms with Gasteiger partial charge in [-0.15, -0.1) is 6.58 Å². The van der Waals surface area contributed by atoms with Crippen LogP contribution in [0.2, 0.25) is 0 Å². The van der Waals surface area contributed by atoms with E-state index in [-0.39, 0.29) is 23.0 Å². The highest BCUT2D eigenvalue weighted by Gasteiger charge is 2.17. The molecule has 1 aromatic rings.